The molecule has 0 heterocycles. The Morgan fingerprint density at radius 3 is 2.59 bits per heavy atom. The highest BCUT2D eigenvalue weighted by Crippen LogP contribution is 2.25. The molecule has 1 N–H and O–H groups in total. The fraction of sp³-hybridized carbons (Fsp3) is 0.571. The molecule has 3 heteroatoms. The average molecular weight is 239 g/mol. The van der Waals surface area contributed by atoms with E-state index in [2.05, 4.69) is 26.1 Å². The fourth-order valence-corrected chi connectivity index (χ4v) is 2.09. The molecule has 0 amide bonds. The van der Waals surface area contributed by atoms with Gasteiger partial charge >= 0.3 is 0 Å². The lowest BCUT2D eigenvalue weighted by atomic mass is 9.94. The van der Waals surface area contributed by atoms with E-state index < -0.39 is 0 Å². The van der Waals surface area contributed by atoms with Gasteiger partial charge < -0.3 is 10.1 Å². The highest BCUT2D eigenvalue weighted by Gasteiger charge is 2.12. The summed E-state index contributed by atoms with van der Waals surface area (Å²) in [4.78, 5) is 0. The molecule has 1 aromatic rings. The minimum Gasteiger partial charge on any atom is -0.494 e. The third-order valence-corrected chi connectivity index (χ3v) is 3.00. The summed E-state index contributed by atoms with van der Waals surface area (Å²) in [6.07, 6.45) is 1.000. The summed E-state index contributed by atoms with van der Waals surface area (Å²) < 4.78 is 18.5. The maximum atomic E-state index is 13.6. The van der Waals surface area contributed by atoms with E-state index in [1.54, 1.807) is 12.1 Å². The molecule has 0 spiro atoms. The summed E-state index contributed by atoms with van der Waals surface area (Å²) in [5.41, 5.74) is 1.02. The van der Waals surface area contributed by atoms with Crippen molar-refractivity contribution in [2.24, 2.45) is 0 Å². The normalized spacial score (nSPS) is 14.4. The minimum absolute atomic E-state index is 0.284. The topological polar surface area (TPSA) is 21.3 Å². The molecule has 0 aliphatic rings. The van der Waals surface area contributed by atoms with Gasteiger partial charge in [0, 0.05) is 6.04 Å². The van der Waals surface area contributed by atoms with Gasteiger partial charge in [-0.05, 0) is 43.5 Å². The molecule has 17 heavy (non-hydrogen) atoms. The summed E-state index contributed by atoms with van der Waals surface area (Å²) >= 11 is 0. The molecule has 0 saturated heterocycles. The van der Waals surface area contributed by atoms with E-state index in [-0.39, 0.29) is 5.82 Å². The first-order valence-corrected chi connectivity index (χ1v) is 6.15. The van der Waals surface area contributed by atoms with Gasteiger partial charge in [0.05, 0.1) is 7.11 Å². The van der Waals surface area contributed by atoms with Gasteiger partial charge in [-0.3, -0.25) is 0 Å². The maximum absolute atomic E-state index is 13.6. The highest BCUT2D eigenvalue weighted by molar-refractivity contribution is 5.31. The molecule has 0 radical (unpaired) electrons. The lowest BCUT2D eigenvalue weighted by Gasteiger charge is -2.18. The van der Waals surface area contributed by atoms with Crippen LogP contribution in [-0.4, -0.2) is 19.7 Å². The van der Waals surface area contributed by atoms with Crippen molar-refractivity contribution in [1.29, 1.82) is 0 Å². The second-order valence-electron chi connectivity index (χ2n) is 4.49. The van der Waals surface area contributed by atoms with Crippen molar-refractivity contribution in [2.45, 2.75) is 39.2 Å². The van der Waals surface area contributed by atoms with E-state index in [0.29, 0.717) is 17.7 Å². The molecule has 1 rings (SSSR count). The summed E-state index contributed by atoms with van der Waals surface area (Å²) in [5.74, 6) is 0.359. The van der Waals surface area contributed by atoms with E-state index >= 15 is 0 Å². The monoisotopic (exact) mass is 239 g/mol. The first-order valence-electron chi connectivity index (χ1n) is 6.15. The third-order valence-electron chi connectivity index (χ3n) is 3.00. The van der Waals surface area contributed by atoms with Crippen LogP contribution in [0.2, 0.25) is 0 Å². The van der Waals surface area contributed by atoms with Gasteiger partial charge in [-0.25, -0.2) is 4.39 Å². The van der Waals surface area contributed by atoms with Crippen LogP contribution >= 0.6 is 0 Å². The van der Waals surface area contributed by atoms with Gasteiger partial charge in [-0.2, -0.15) is 0 Å². The Morgan fingerprint density at radius 1 is 1.35 bits per heavy atom. The summed E-state index contributed by atoms with van der Waals surface area (Å²) in [6, 6.07) is 5.65. The molecule has 1 aromatic carbocycles. The molecule has 0 aliphatic heterocycles. The van der Waals surface area contributed by atoms with Crippen LogP contribution in [-0.2, 0) is 0 Å². The standard InChI is InChI=1S/C14H22FNO/c1-5-16-11(3)8-10(2)12-6-7-14(17-4)13(15)9-12/h6-7,9-11,16H,5,8H2,1-4H3. The molecule has 0 aromatic heterocycles. The van der Waals surface area contributed by atoms with Crippen molar-refractivity contribution in [3.05, 3.63) is 29.6 Å². The first kappa shape index (κ1) is 14.0. The largest absolute Gasteiger partial charge is 0.494 e. The fourth-order valence-electron chi connectivity index (χ4n) is 2.09. The Labute approximate surface area is 103 Å². The zero-order valence-electron chi connectivity index (χ0n) is 11.1. The van der Waals surface area contributed by atoms with Crippen LogP contribution in [0, 0.1) is 5.82 Å². The Balaban J connectivity index is 2.69. The smallest absolute Gasteiger partial charge is 0.165 e. The Bertz CT molecular complexity index is 354. The predicted molar refractivity (Wildman–Crippen MR) is 69.1 cm³/mol. The van der Waals surface area contributed by atoms with Crippen molar-refractivity contribution in [3.63, 3.8) is 0 Å². The second-order valence-corrected chi connectivity index (χ2v) is 4.49. The molecular formula is C14H22FNO. The Hall–Kier alpha value is -1.09. The second kappa shape index (κ2) is 6.60. The zero-order valence-corrected chi connectivity index (χ0v) is 11.1. The van der Waals surface area contributed by atoms with Gasteiger partial charge in [-0.1, -0.05) is 19.9 Å². The molecule has 96 valence electrons. The van der Waals surface area contributed by atoms with Crippen molar-refractivity contribution >= 4 is 0 Å². The molecule has 0 fully saturated rings. The van der Waals surface area contributed by atoms with Crippen LogP contribution in [0.3, 0.4) is 0 Å². The van der Waals surface area contributed by atoms with Crippen molar-refractivity contribution in [1.82, 2.24) is 5.32 Å². The SMILES string of the molecule is CCNC(C)CC(C)c1ccc(OC)c(F)c1. The molecule has 0 bridgehead atoms. The van der Waals surface area contributed by atoms with Gasteiger partial charge in [0.2, 0.25) is 0 Å². The van der Waals surface area contributed by atoms with Crippen molar-refractivity contribution in [3.8, 4) is 5.75 Å². The molecular weight excluding hydrogens is 217 g/mol. The van der Waals surface area contributed by atoms with Crippen LogP contribution in [0.25, 0.3) is 0 Å². The Morgan fingerprint density at radius 2 is 2.06 bits per heavy atom. The van der Waals surface area contributed by atoms with Crippen LogP contribution in [0.15, 0.2) is 18.2 Å². The summed E-state index contributed by atoms with van der Waals surface area (Å²) in [7, 11) is 1.48. The van der Waals surface area contributed by atoms with Crippen LogP contribution in [0.5, 0.6) is 5.75 Å². The van der Waals surface area contributed by atoms with E-state index in [1.807, 2.05) is 6.07 Å². The molecule has 0 aliphatic carbocycles. The highest BCUT2D eigenvalue weighted by atomic mass is 19.1. The molecule has 2 unspecified atom stereocenters. The lowest BCUT2D eigenvalue weighted by molar-refractivity contribution is 0.385. The van der Waals surface area contributed by atoms with Gasteiger partial charge in [-0.15, -0.1) is 0 Å². The van der Waals surface area contributed by atoms with Gasteiger partial charge in [0.1, 0.15) is 0 Å². The Kier molecular flexibility index (Phi) is 5.42. The lowest BCUT2D eigenvalue weighted by Crippen LogP contribution is -2.26. The zero-order chi connectivity index (χ0) is 12.8. The summed E-state index contributed by atoms with van der Waals surface area (Å²) in [6.45, 7) is 7.33. The number of methoxy groups -OCH3 is 1. The number of benzene rings is 1. The van der Waals surface area contributed by atoms with Gasteiger partial charge in [0.15, 0.2) is 11.6 Å². The number of rotatable bonds is 6. The average Bonchev–Trinajstić information content (AvgIpc) is 2.29. The van der Waals surface area contributed by atoms with Crippen LogP contribution < -0.4 is 10.1 Å². The first-order chi connectivity index (χ1) is 8.08. The van der Waals surface area contributed by atoms with Gasteiger partial charge in [0.25, 0.3) is 0 Å². The quantitative estimate of drug-likeness (QED) is 0.822. The summed E-state index contributed by atoms with van der Waals surface area (Å²) in [5, 5.41) is 3.36. The number of ether oxygens (including phenoxy) is 1. The van der Waals surface area contributed by atoms with E-state index in [4.69, 9.17) is 4.74 Å². The van der Waals surface area contributed by atoms with Crippen molar-refractivity contribution in [2.75, 3.05) is 13.7 Å². The van der Waals surface area contributed by atoms with E-state index in [1.165, 1.54) is 7.11 Å². The maximum Gasteiger partial charge on any atom is 0.165 e. The van der Waals surface area contributed by atoms with Crippen LogP contribution in [0.1, 0.15) is 38.7 Å². The minimum atomic E-state index is -0.284. The van der Waals surface area contributed by atoms with E-state index in [9.17, 15) is 4.39 Å². The predicted octanol–water partition coefficient (Wildman–Crippen LogP) is 3.33. The molecule has 2 nitrogen and oxygen atoms in total. The molecule has 2 atom stereocenters. The number of halogens is 1. The third kappa shape index (κ3) is 4.00. The van der Waals surface area contributed by atoms with Crippen molar-refractivity contribution < 1.29 is 9.13 Å². The van der Waals surface area contributed by atoms with E-state index in [0.717, 1.165) is 18.5 Å². The van der Waals surface area contributed by atoms with Crippen LogP contribution in [0.4, 0.5) is 4.39 Å². The molecule has 0 saturated carbocycles. The number of hydrogen-bond acceptors (Lipinski definition) is 2. The number of nitrogens with one attached hydrogen (secondary N) is 1. The number of hydrogen-bond donors (Lipinski definition) is 1.